The fourth-order valence-corrected chi connectivity index (χ4v) is 3.80. The standard InChI is InChI=1S/C27H27ClFN5O3/c1-17(2)18-4-3-5-22(13-18)33-26(35)31-15-20-12-21(29)6-9-25(20)37-23-7-8-24-19(14-23)16-32-34(24)27(36)30-11-10-28/h3-9,12-14,16-17H,10-11,15H2,1-2H3,(H,30,36)(H2,31,33,35). The van der Waals surface area contributed by atoms with E-state index < -0.39 is 11.8 Å². The van der Waals surface area contributed by atoms with E-state index in [4.69, 9.17) is 16.3 Å². The number of urea groups is 1. The van der Waals surface area contributed by atoms with Gasteiger partial charge in [-0.15, -0.1) is 11.6 Å². The van der Waals surface area contributed by atoms with E-state index in [1.807, 2.05) is 24.3 Å². The van der Waals surface area contributed by atoms with Crippen LogP contribution < -0.4 is 20.7 Å². The third kappa shape index (κ3) is 6.56. The maximum absolute atomic E-state index is 14.0. The van der Waals surface area contributed by atoms with Gasteiger partial charge in [0.1, 0.15) is 17.3 Å². The van der Waals surface area contributed by atoms with E-state index in [1.165, 1.54) is 22.9 Å². The molecule has 0 spiro atoms. The molecule has 0 aliphatic rings. The number of alkyl halides is 1. The number of amides is 3. The molecular formula is C27H27ClFN5O3. The van der Waals surface area contributed by atoms with Crippen LogP contribution in [0.15, 0.2) is 66.9 Å². The zero-order valence-corrected chi connectivity index (χ0v) is 21.2. The molecule has 0 bridgehead atoms. The minimum absolute atomic E-state index is 0.0454. The number of hydrogen-bond acceptors (Lipinski definition) is 4. The number of halogens is 2. The predicted molar refractivity (Wildman–Crippen MR) is 142 cm³/mol. The van der Waals surface area contributed by atoms with Crippen LogP contribution in [0.1, 0.15) is 30.9 Å². The van der Waals surface area contributed by atoms with Gasteiger partial charge in [0.25, 0.3) is 0 Å². The summed E-state index contributed by atoms with van der Waals surface area (Å²) in [4.78, 5) is 24.7. The average Bonchev–Trinajstić information content (AvgIpc) is 3.31. The Morgan fingerprint density at radius 1 is 1.08 bits per heavy atom. The minimum Gasteiger partial charge on any atom is -0.457 e. The summed E-state index contributed by atoms with van der Waals surface area (Å²) in [7, 11) is 0. The Morgan fingerprint density at radius 2 is 1.92 bits per heavy atom. The van der Waals surface area contributed by atoms with Crippen molar-refractivity contribution < 1.29 is 18.7 Å². The van der Waals surface area contributed by atoms with Gasteiger partial charge in [0.2, 0.25) is 0 Å². The molecule has 3 N–H and O–H groups in total. The van der Waals surface area contributed by atoms with Gasteiger partial charge in [0.05, 0.1) is 11.7 Å². The van der Waals surface area contributed by atoms with Gasteiger partial charge in [0.15, 0.2) is 0 Å². The van der Waals surface area contributed by atoms with Crippen LogP contribution in [0.2, 0.25) is 0 Å². The third-order valence-corrected chi connectivity index (χ3v) is 5.79. The fraction of sp³-hybridized carbons (Fsp3) is 0.222. The number of ether oxygens (including phenoxy) is 1. The quantitative estimate of drug-likeness (QED) is 0.239. The Kier molecular flexibility index (Phi) is 8.25. The molecule has 4 aromatic rings. The van der Waals surface area contributed by atoms with Crippen LogP contribution in [-0.4, -0.2) is 34.3 Å². The number of fused-ring (bicyclic) bond motifs is 1. The first-order valence-corrected chi connectivity index (χ1v) is 12.3. The molecule has 0 saturated heterocycles. The summed E-state index contributed by atoms with van der Waals surface area (Å²) in [6.45, 7) is 4.53. The monoisotopic (exact) mass is 523 g/mol. The highest BCUT2D eigenvalue weighted by Gasteiger charge is 2.13. The van der Waals surface area contributed by atoms with E-state index >= 15 is 0 Å². The number of rotatable bonds is 8. The number of aromatic nitrogens is 2. The lowest BCUT2D eigenvalue weighted by Gasteiger charge is -2.14. The van der Waals surface area contributed by atoms with Gasteiger partial charge < -0.3 is 20.7 Å². The van der Waals surface area contributed by atoms with Gasteiger partial charge >= 0.3 is 12.1 Å². The maximum atomic E-state index is 14.0. The molecule has 0 aliphatic heterocycles. The lowest BCUT2D eigenvalue weighted by atomic mass is 10.0. The Balaban J connectivity index is 1.45. The molecule has 0 fully saturated rings. The summed E-state index contributed by atoms with van der Waals surface area (Å²) in [6.07, 6.45) is 1.55. The van der Waals surface area contributed by atoms with Crippen molar-refractivity contribution in [2.45, 2.75) is 26.3 Å². The molecule has 4 rings (SSSR count). The van der Waals surface area contributed by atoms with E-state index in [9.17, 15) is 14.0 Å². The van der Waals surface area contributed by atoms with Crippen molar-refractivity contribution in [3.8, 4) is 11.5 Å². The molecule has 8 nitrogen and oxygen atoms in total. The zero-order valence-electron chi connectivity index (χ0n) is 20.4. The highest BCUT2D eigenvalue weighted by atomic mass is 35.5. The van der Waals surface area contributed by atoms with Gasteiger partial charge in [-0.3, -0.25) is 0 Å². The molecule has 10 heteroatoms. The first-order chi connectivity index (χ1) is 17.8. The summed E-state index contributed by atoms with van der Waals surface area (Å²) < 4.78 is 21.3. The molecule has 0 radical (unpaired) electrons. The van der Waals surface area contributed by atoms with Crippen molar-refractivity contribution in [3.63, 3.8) is 0 Å². The summed E-state index contributed by atoms with van der Waals surface area (Å²) in [6, 6.07) is 16.0. The number of hydrogen-bond donors (Lipinski definition) is 3. The number of nitrogens with one attached hydrogen (secondary N) is 3. The van der Waals surface area contributed by atoms with Crippen LogP contribution in [0.25, 0.3) is 10.9 Å². The van der Waals surface area contributed by atoms with Crippen molar-refractivity contribution in [1.82, 2.24) is 20.4 Å². The Labute approximate surface area is 218 Å². The van der Waals surface area contributed by atoms with Crippen LogP contribution in [0.3, 0.4) is 0 Å². The zero-order chi connectivity index (χ0) is 26.4. The molecule has 0 aliphatic carbocycles. The van der Waals surface area contributed by atoms with Gasteiger partial charge in [-0.05, 0) is 60.0 Å². The number of carbonyl (C=O) groups is 2. The Bertz CT molecular complexity index is 1420. The minimum atomic E-state index is -0.450. The topological polar surface area (TPSA) is 97.3 Å². The number of nitrogens with zero attached hydrogens (tertiary/aromatic N) is 2. The first-order valence-electron chi connectivity index (χ1n) is 11.8. The van der Waals surface area contributed by atoms with Crippen LogP contribution in [0.4, 0.5) is 19.7 Å². The fourth-order valence-electron chi connectivity index (χ4n) is 3.70. The highest BCUT2D eigenvalue weighted by molar-refractivity contribution is 6.18. The highest BCUT2D eigenvalue weighted by Crippen LogP contribution is 2.29. The second-order valence-electron chi connectivity index (χ2n) is 8.64. The lowest BCUT2D eigenvalue weighted by molar-refractivity contribution is 0.241. The van der Waals surface area contributed by atoms with Gasteiger partial charge in [-0.2, -0.15) is 9.78 Å². The molecule has 0 atom stereocenters. The van der Waals surface area contributed by atoms with Crippen molar-refractivity contribution in [2.24, 2.45) is 0 Å². The summed E-state index contributed by atoms with van der Waals surface area (Å²) in [5.41, 5.74) is 2.84. The molecule has 1 heterocycles. The van der Waals surface area contributed by atoms with Crippen LogP contribution in [0.5, 0.6) is 11.5 Å². The molecule has 192 valence electrons. The van der Waals surface area contributed by atoms with Gasteiger partial charge in [-0.1, -0.05) is 26.0 Å². The molecule has 1 aromatic heterocycles. The summed E-state index contributed by atoms with van der Waals surface area (Å²) >= 11 is 5.63. The Morgan fingerprint density at radius 3 is 2.70 bits per heavy atom. The summed E-state index contributed by atoms with van der Waals surface area (Å²) in [5, 5.41) is 13.0. The van der Waals surface area contributed by atoms with Crippen molar-refractivity contribution in [3.05, 3.63) is 83.8 Å². The van der Waals surface area contributed by atoms with Crippen molar-refractivity contribution in [1.29, 1.82) is 0 Å². The molecule has 0 unspecified atom stereocenters. The van der Waals surface area contributed by atoms with E-state index in [1.54, 1.807) is 24.4 Å². The van der Waals surface area contributed by atoms with Gasteiger partial charge in [0, 0.05) is 35.6 Å². The molecule has 0 saturated carbocycles. The lowest BCUT2D eigenvalue weighted by Crippen LogP contribution is -2.30. The SMILES string of the molecule is CC(C)c1cccc(NC(=O)NCc2cc(F)ccc2Oc2ccc3c(cnn3C(=O)NCCCl)c2)c1. The predicted octanol–water partition coefficient (Wildman–Crippen LogP) is 6.21. The van der Waals surface area contributed by atoms with Crippen molar-refractivity contribution in [2.75, 3.05) is 17.7 Å². The number of carbonyl (C=O) groups excluding carboxylic acids is 2. The van der Waals surface area contributed by atoms with E-state index in [-0.39, 0.29) is 12.6 Å². The number of benzene rings is 3. The first kappa shape index (κ1) is 26.0. The molecule has 3 amide bonds. The second kappa shape index (κ2) is 11.7. The maximum Gasteiger partial charge on any atom is 0.342 e. The van der Waals surface area contributed by atoms with Gasteiger partial charge in [-0.25, -0.2) is 14.0 Å². The molecule has 37 heavy (non-hydrogen) atoms. The third-order valence-electron chi connectivity index (χ3n) is 5.60. The smallest absolute Gasteiger partial charge is 0.342 e. The molecule has 3 aromatic carbocycles. The van der Waals surface area contributed by atoms with E-state index in [2.05, 4.69) is 34.9 Å². The Hall–Kier alpha value is -4.11. The van der Waals surface area contributed by atoms with Crippen LogP contribution in [-0.2, 0) is 6.54 Å². The normalized spacial score (nSPS) is 10.9. The van der Waals surface area contributed by atoms with E-state index in [0.29, 0.717) is 52.0 Å². The largest absolute Gasteiger partial charge is 0.457 e. The van der Waals surface area contributed by atoms with Crippen LogP contribution in [0, 0.1) is 5.82 Å². The van der Waals surface area contributed by atoms with Crippen LogP contribution >= 0.6 is 11.6 Å². The van der Waals surface area contributed by atoms with E-state index in [0.717, 1.165) is 5.56 Å². The number of anilines is 1. The summed E-state index contributed by atoms with van der Waals surface area (Å²) in [5.74, 6) is 1.03. The molecular weight excluding hydrogens is 497 g/mol. The second-order valence-corrected chi connectivity index (χ2v) is 9.02. The average molecular weight is 524 g/mol. The van der Waals surface area contributed by atoms with Crippen molar-refractivity contribution >= 4 is 40.3 Å².